The molecule has 0 radical (unpaired) electrons. The lowest BCUT2D eigenvalue weighted by Crippen LogP contribution is -2.04. The Morgan fingerprint density at radius 3 is 2.75 bits per heavy atom. The van der Waals surface area contributed by atoms with Crippen molar-refractivity contribution in [2.45, 2.75) is 13.2 Å². The maximum Gasteiger partial charge on any atom is 0.0744 e. The van der Waals surface area contributed by atoms with Gasteiger partial charge in [0.25, 0.3) is 0 Å². The molecule has 0 saturated carbocycles. The van der Waals surface area contributed by atoms with E-state index in [4.69, 9.17) is 16.3 Å². The lowest BCUT2D eigenvalue weighted by Gasteiger charge is -2.14. The Morgan fingerprint density at radius 1 is 1.20 bits per heavy atom. The van der Waals surface area contributed by atoms with Gasteiger partial charge in [0.1, 0.15) is 0 Å². The molecule has 0 aliphatic heterocycles. The van der Waals surface area contributed by atoms with E-state index in [0.717, 1.165) is 30.8 Å². The van der Waals surface area contributed by atoms with Crippen LogP contribution in [0.2, 0.25) is 5.02 Å². The summed E-state index contributed by atoms with van der Waals surface area (Å²) in [7, 11) is 1.69. The number of nitrogens with one attached hydrogen (secondary N) is 1. The molecule has 2 aromatic carbocycles. The number of hydrogen-bond donors (Lipinski definition) is 1. The second kappa shape index (κ2) is 7.46. The summed E-state index contributed by atoms with van der Waals surface area (Å²) in [6.07, 6.45) is 0. The summed E-state index contributed by atoms with van der Waals surface area (Å²) in [6.45, 7) is 1.21. The van der Waals surface area contributed by atoms with Gasteiger partial charge in [0, 0.05) is 38.9 Å². The minimum Gasteiger partial charge on any atom is -0.381 e. The molecule has 5 heteroatoms. The lowest BCUT2D eigenvalue weighted by molar-refractivity contribution is 0.185. The van der Waals surface area contributed by atoms with Gasteiger partial charge in [0.05, 0.1) is 6.61 Å². The summed E-state index contributed by atoms with van der Waals surface area (Å²) >= 11 is 13.2. The summed E-state index contributed by atoms with van der Waals surface area (Å²) in [6, 6.07) is 11.9. The number of ether oxygens (including phenoxy) is 1. The molecular weight excluding hydrogens is 405 g/mol. The van der Waals surface area contributed by atoms with Crippen molar-refractivity contribution in [3.63, 3.8) is 0 Å². The molecule has 0 atom stereocenters. The van der Waals surface area contributed by atoms with Gasteiger partial charge in [-0.3, -0.25) is 0 Å². The van der Waals surface area contributed by atoms with Crippen LogP contribution in [0.1, 0.15) is 11.1 Å². The van der Waals surface area contributed by atoms with E-state index < -0.39 is 0 Å². The van der Waals surface area contributed by atoms with Crippen molar-refractivity contribution in [3.05, 3.63) is 61.5 Å². The van der Waals surface area contributed by atoms with Crippen LogP contribution in [-0.4, -0.2) is 7.11 Å². The van der Waals surface area contributed by atoms with E-state index in [-0.39, 0.29) is 0 Å². The van der Waals surface area contributed by atoms with Crippen molar-refractivity contribution in [2.75, 3.05) is 12.4 Å². The first-order valence-electron chi connectivity index (χ1n) is 6.06. The van der Waals surface area contributed by atoms with Gasteiger partial charge in [-0.15, -0.1) is 0 Å². The monoisotopic (exact) mass is 417 g/mol. The lowest BCUT2D eigenvalue weighted by atomic mass is 10.1. The fourth-order valence-electron chi connectivity index (χ4n) is 1.88. The van der Waals surface area contributed by atoms with Crippen molar-refractivity contribution in [1.82, 2.24) is 0 Å². The van der Waals surface area contributed by atoms with Gasteiger partial charge in [0.2, 0.25) is 0 Å². The second-order valence-electron chi connectivity index (χ2n) is 4.29. The molecule has 2 nitrogen and oxygen atoms in total. The van der Waals surface area contributed by atoms with Crippen molar-refractivity contribution >= 4 is 49.1 Å². The summed E-state index contributed by atoms with van der Waals surface area (Å²) in [5, 5.41) is 4.16. The predicted molar refractivity (Wildman–Crippen MR) is 91.3 cm³/mol. The number of benzene rings is 2. The standard InChI is InChI=1S/C15H14Br2ClNO/c1-20-9-12-13(17)3-2-4-15(12)19-8-10-7-11(16)5-6-14(10)18/h2-7,19H,8-9H2,1H3. The van der Waals surface area contributed by atoms with Gasteiger partial charge in [-0.1, -0.05) is 49.5 Å². The quantitative estimate of drug-likeness (QED) is 0.679. The molecule has 0 fully saturated rings. The van der Waals surface area contributed by atoms with E-state index in [9.17, 15) is 0 Å². The van der Waals surface area contributed by atoms with E-state index in [0.29, 0.717) is 13.2 Å². The molecule has 0 heterocycles. The predicted octanol–water partition coefficient (Wildman–Crippen LogP) is 5.62. The van der Waals surface area contributed by atoms with Crippen LogP contribution in [-0.2, 0) is 17.9 Å². The molecule has 0 amide bonds. The zero-order valence-corrected chi connectivity index (χ0v) is 14.8. The van der Waals surface area contributed by atoms with Gasteiger partial charge in [-0.05, 0) is 35.9 Å². The summed E-state index contributed by atoms with van der Waals surface area (Å²) in [4.78, 5) is 0. The average molecular weight is 420 g/mol. The first kappa shape index (κ1) is 15.8. The molecule has 0 aliphatic rings. The van der Waals surface area contributed by atoms with Gasteiger partial charge in [-0.25, -0.2) is 0 Å². The normalized spacial score (nSPS) is 10.6. The Balaban J connectivity index is 2.18. The van der Waals surface area contributed by atoms with Crippen molar-refractivity contribution in [2.24, 2.45) is 0 Å². The molecule has 0 unspecified atom stereocenters. The smallest absolute Gasteiger partial charge is 0.0744 e. The molecule has 2 rings (SSSR count). The Kier molecular flexibility index (Phi) is 5.90. The largest absolute Gasteiger partial charge is 0.381 e. The Labute approximate surface area is 140 Å². The zero-order chi connectivity index (χ0) is 14.5. The maximum absolute atomic E-state index is 6.20. The van der Waals surface area contributed by atoms with Crippen LogP contribution in [0.5, 0.6) is 0 Å². The fraction of sp³-hybridized carbons (Fsp3) is 0.200. The highest BCUT2D eigenvalue weighted by Crippen LogP contribution is 2.27. The van der Waals surface area contributed by atoms with E-state index in [1.165, 1.54) is 0 Å². The van der Waals surface area contributed by atoms with Gasteiger partial charge in [0.15, 0.2) is 0 Å². The van der Waals surface area contributed by atoms with E-state index in [2.05, 4.69) is 37.2 Å². The molecule has 0 bridgehead atoms. The molecule has 0 spiro atoms. The third kappa shape index (κ3) is 3.98. The second-order valence-corrected chi connectivity index (χ2v) is 6.47. The molecule has 0 aliphatic carbocycles. The SMILES string of the molecule is COCc1c(Br)cccc1NCc1cc(Br)ccc1Cl. The van der Waals surface area contributed by atoms with Crippen molar-refractivity contribution < 1.29 is 4.74 Å². The molecule has 20 heavy (non-hydrogen) atoms. The van der Waals surface area contributed by atoms with E-state index in [1.807, 2.05) is 36.4 Å². The van der Waals surface area contributed by atoms with Gasteiger partial charge < -0.3 is 10.1 Å². The highest BCUT2D eigenvalue weighted by Gasteiger charge is 2.07. The van der Waals surface area contributed by atoms with Crippen molar-refractivity contribution in [1.29, 1.82) is 0 Å². The van der Waals surface area contributed by atoms with Gasteiger partial charge >= 0.3 is 0 Å². The molecule has 0 aromatic heterocycles. The first-order valence-corrected chi connectivity index (χ1v) is 8.02. The highest BCUT2D eigenvalue weighted by molar-refractivity contribution is 9.10. The van der Waals surface area contributed by atoms with Crippen LogP contribution in [0, 0.1) is 0 Å². The highest BCUT2D eigenvalue weighted by atomic mass is 79.9. The number of methoxy groups -OCH3 is 1. The van der Waals surface area contributed by atoms with Crippen LogP contribution in [0.15, 0.2) is 45.3 Å². The minimum absolute atomic E-state index is 0.552. The van der Waals surface area contributed by atoms with Gasteiger partial charge in [-0.2, -0.15) is 0 Å². The Hall–Kier alpha value is -0.550. The number of rotatable bonds is 5. The van der Waals surface area contributed by atoms with Crippen LogP contribution in [0.3, 0.4) is 0 Å². The van der Waals surface area contributed by atoms with Crippen LogP contribution < -0.4 is 5.32 Å². The van der Waals surface area contributed by atoms with Crippen molar-refractivity contribution in [3.8, 4) is 0 Å². The molecular formula is C15H14Br2ClNO. The average Bonchev–Trinajstić information content (AvgIpc) is 2.43. The molecule has 0 saturated heterocycles. The fourth-order valence-corrected chi connectivity index (χ4v) is 2.96. The minimum atomic E-state index is 0.552. The maximum atomic E-state index is 6.20. The molecule has 1 N–H and O–H groups in total. The Bertz CT molecular complexity index is 604. The number of anilines is 1. The van der Waals surface area contributed by atoms with Crippen LogP contribution >= 0.6 is 43.5 Å². The number of halogens is 3. The molecule has 106 valence electrons. The molecule has 2 aromatic rings. The first-order chi connectivity index (χ1) is 9.61. The Morgan fingerprint density at radius 2 is 2.00 bits per heavy atom. The summed E-state index contributed by atoms with van der Waals surface area (Å²) in [5.41, 5.74) is 3.18. The zero-order valence-electron chi connectivity index (χ0n) is 10.9. The van der Waals surface area contributed by atoms with Crippen LogP contribution in [0.25, 0.3) is 0 Å². The van der Waals surface area contributed by atoms with E-state index >= 15 is 0 Å². The number of hydrogen-bond acceptors (Lipinski definition) is 2. The summed E-state index contributed by atoms with van der Waals surface area (Å²) < 4.78 is 7.29. The third-order valence-electron chi connectivity index (χ3n) is 2.88. The van der Waals surface area contributed by atoms with E-state index in [1.54, 1.807) is 7.11 Å². The topological polar surface area (TPSA) is 21.3 Å². The van der Waals surface area contributed by atoms with Crippen LogP contribution in [0.4, 0.5) is 5.69 Å². The third-order valence-corrected chi connectivity index (χ3v) is 4.49. The summed E-state index contributed by atoms with van der Waals surface area (Å²) in [5.74, 6) is 0.